The SMILES string of the molecule is CNC(=O)Nc1nc2c(s1)CN(C(=S)n1ccnc1)CC2. The van der Waals surface area contributed by atoms with Gasteiger partial charge in [0.05, 0.1) is 12.2 Å². The van der Waals surface area contributed by atoms with Crippen LogP contribution in [-0.4, -0.2) is 44.2 Å². The van der Waals surface area contributed by atoms with Crippen molar-refractivity contribution in [2.24, 2.45) is 0 Å². The zero-order valence-corrected chi connectivity index (χ0v) is 13.0. The van der Waals surface area contributed by atoms with Gasteiger partial charge in [-0.1, -0.05) is 11.3 Å². The lowest BCUT2D eigenvalue weighted by molar-refractivity contribution is 0.254. The predicted molar refractivity (Wildman–Crippen MR) is 84.5 cm³/mol. The first kappa shape index (κ1) is 14.0. The minimum absolute atomic E-state index is 0.258. The van der Waals surface area contributed by atoms with E-state index in [1.807, 2.05) is 10.8 Å². The van der Waals surface area contributed by atoms with Crippen molar-refractivity contribution in [3.63, 3.8) is 0 Å². The van der Waals surface area contributed by atoms with Crippen molar-refractivity contribution in [2.45, 2.75) is 13.0 Å². The molecule has 2 N–H and O–H groups in total. The Morgan fingerprint density at radius 3 is 3.10 bits per heavy atom. The van der Waals surface area contributed by atoms with Crippen molar-refractivity contribution in [1.29, 1.82) is 0 Å². The second kappa shape index (κ2) is 5.78. The normalized spacial score (nSPS) is 13.7. The molecule has 0 spiro atoms. The standard InChI is InChI=1S/C12H14N6OS2/c1-13-10(19)16-11-15-8-2-4-17(6-9(8)21-11)12(20)18-5-3-14-7-18/h3,5,7H,2,4,6H2,1H3,(H2,13,15,16,19). The average Bonchev–Trinajstić information content (AvgIpc) is 3.14. The highest BCUT2D eigenvalue weighted by atomic mass is 32.1. The van der Waals surface area contributed by atoms with Crippen LogP contribution < -0.4 is 10.6 Å². The van der Waals surface area contributed by atoms with E-state index < -0.39 is 0 Å². The van der Waals surface area contributed by atoms with Crippen molar-refractivity contribution >= 4 is 39.8 Å². The first-order chi connectivity index (χ1) is 10.2. The number of thiocarbonyl (C=S) groups is 1. The van der Waals surface area contributed by atoms with Gasteiger partial charge in [-0.15, -0.1) is 0 Å². The van der Waals surface area contributed by atoms with Crippen LogP contribution in [0, 0.1) is 0 Å². The number of nitrogens with one attached hydrogen (secondary N) is 2. The molecule has 21 heavy (non-hydrogen) atoms. The van der Waals surface area contributed by atoms with Crippen LogP contribution in [0.5, 0.6) is 0 Å². The van der Waals surface area contributed by atoms with Crippen LogP contribution in [0.15, 0.2) is 18.7 Å². The highest BCUT2D eigenvalue weighted by Crippen LogP contribution is 2.28. The number of fused-ring (bicyclic) bond motifs is 1. The summed E-state index contributed by atoms with van der Waals surface area (Å²) in [6.45, 7) is 1.52. The molecule has 0 aliphatic carbocycles. The summed E-state index contributed by atoms with van der Waals surface area (Å²) in [5.74, 6) is 0. The van der Waals surface area contributed by atoms with Crippen LogP contribution in [0.2, 0.25) is 0 Å². The molecule has 0 unspecified atom stereocenters. The molecule has 3 heterocycles. The van der Waals surface area contributed by atoms with Gasteiger partial charge in [0.1, 0.15) is 6.33 Å². The third kappa shape index (κ3) is 2.88. The van der Waals surface area contributed by atoms with Gasteiger partial charge in [-0.05, 0) is 12.2 Å². The molecular weight excluding hydrogens is 308 g/mol. The third-order valence-corrected chi connectivity index (χ3v) is 4.64. The Labute approximate surface area is 131 Å². The van der Waals surface area contributed by atoms with Crippen LogP contribution in [0.1, 0.15) is 10.6 Å². The van der Waals surface area contributed by atoms with Crippen molar-refractivity contribution in [3.05, 3.63) is 29.3 Å². The molecule has 0 fully saturated rings. The number of urea groups is 1. The Morgan fingerprint density at radius 1 is 1.52 bits per heavy atom. The number of imidazole rings is 1. The summed E-state index contributed by atoms with van der Waals surface area (Å²) in [4.78, 5) is 23.0. The van der Waals surface area contributed by atoms with E-state index in [1.165, 1.54) is 11.3 Å². The third-order valence-electron chi connectivity index (χ3n) is 3.17. The molecule has 0 saturated heterocycles. The van der Waals surface area contributed by atoms with E-state index in [9.17, 15) is 4.79 Å². The lowest BCUT2D eigenvalue weighted by Crippen LogP contribution is -2.37. The quantitative estimate of drug-likeness (QED) is 0.774. The first-order valence-corrected chi connectivity index (χ1v) is 7.64. The fraction of sp³-hybridized carbons (Fsp3) is 0.333. The maximum Gasteiger partial charge on any atom is 0.320 e. The molecule has 0 radical (unpaired) electrons. The molecule has 0 bridgehead atoms. The van der Waals surface area contributed by atoms with Crippen molar-refractivity contribution < 1.29 is 4.79 Å². The second-order valence-electron chi connectivity index (χ2n) is 4.52. The highest BCUT2D eigenvalue weighted by molar-refractivity contribution is 7.80. The van der Waals surface area contributed by atoms with E-state index in [1.54, 1.807) is 19.6 Å². The molecule has 1 aliphatic heterocycles. The molecule has 1 aliphatic rings. The van der Waals surface area contributed by atoms with E-state index in [0.717, 1.165) is 28.6 Å². The van der Waals surface area contributed by atoms with Gasteiger partial charge in [-0.25, -0.2) is 14.8 Å². The lowest BCUT2D eigenvalue weighted by Gasteiger charge is -2.28. The molecule has 110 valence electrons. The fourth-order valence-corrected chi connectivity index (χ4v) is 3.39. The zero-order chi connectivity index (χ0) is 14.8. The van der Waals surface area contributed by atoms with E-state index in [2.05, 4.69) is 25.5 Å². The number of thiazole rings is 1. The molecular formula is C12H14N6OS2. The molecule has 0 atom stereocenters. The number of amides is 2. The summed E-state index contributed by atoms with van der Waals surface area (Å²) >= 11 is 6.96. The second-order valence-corrected chi connectivity index (χ2v) is 5.97. The largest absolute Gasteiger partial charge is 0.343 e. The minimum Gasteiger partial charge on any atom is -0.343 e. The molecule has 2 aromatic rings. The molecule has 0 aromatic carbocycles. The van der Waals surface area contributed by atoms with E-state index in [4.69, 9.17) is 12.2 Å². The number of carbonyl (C=O) groups is 1. The van der Waals surface area contributed by atoms with Crippen LogP contribution in [0.4, 0.5) is 9.93 Å². The molecule has 0 saturated carbocycles. The molecule has 9 heteroatoms. The summed E-state index contributed by atoms with van der Waals surface area (Å²) in [6.07, 6.45) is 6.06. The summed E-state index contributed by atoms with van der Waals surface area (Å²) in [7, 11) is 1.58. The molecule has 2 amide bonds. The van der Waals surface area contributed by atoms with Crippen molar-refractivity contribution in [2.75, 3.05) is 18.9 Å². The Morgan fingerprint density at radius 2 is 2.38 bits per heavy atom. The molecule has 3 rings (SSSR count). The number of anilines is 1. The van der Waals surface area contributed by atoms with Gasteiger partial charge >= 0.3 is 6.03 Å². The maximum absolute atomic E-state index is 11.3. The van der Waals surface area contributed by atoms with Gasteiger partial charge in [0.25, 0.3) is 0 Å². The summed E-state index contributed by atoms with van der Waals surface area (Å²) in [5, 5.41) is 6.57. The number of hydrogen-bond acceptors (Lipinski definition) is 5. The summed E-state index contributed by atoms with van der Waals surface area (Å²) in [6, 6.07) is -0.258. The number of nitrogens with zero attached hydrogens (tertiary/aromatic N) is 4. The van der Waals surface area contributed by atoms with Crippen LogP contribution in [-0.2, 0) is 13.0 Å². The Kier molecular flexibility index (Phi) is 3.84. The van der Waals surface area contributed by atoms with Gasteiger partial charge in [-0.3, -0.25) is 9.88 Å². The number of rotatable bonds is 1. The minimum atomic E-state index is -0.258. The highest BCUT2D eigenvalue weighted by Gasteiger charge is 2.23. The zero-order valence-electron chi connectivity index (χ0n) is 11.4. The predicted octanol–water partition coefficient (Wildman–Crippen LogP) is 1.28. The molecule has 2 aromatic heterocycles. The fourth-order valence-electron chi connectivity index (χ4n) is 2.11. The lowest BCUT2D eigenvalue weighted by atomic mass is 10.2. The van der Waals surface area contributed by atoms with Crippen molar-refractivity contribution in [3.8, 4) is 0 Å². The van der Waals surface area contributed by atoms with Gasteiger partial charge in [0.15, 0.2) is 10.2 Å². The number of carbonyl (C=O) groups excluding carboxylic acids is 1. The van der Waals surface area contributed by atoms with E-state index in [-0.39, 0.29) is 6.03 Å². The topological polar surface area (TPSA) is 75.1 Å². The average molecular weight is 322 g/mol. The van der Waals surface area contributed by atoms with Gasteiger partial charge < -0.3 is 10.2 Å². The summed E-state index contributed by atoms with van der Waals surface area (Å²) in [5.41, 5.74) is 1.04. The van der Waals surface area contributed by atoms with Gasteiger partial charge in [0, 0.05) is 37.3 Å². The van der Waals surface area contributed by atoms with E-state index >= 15 is 0 Å². The van der Waals surface area contributed by atoms with Crippen LogP contribution in [0.25, 0.3) is 0 Å². The van der Waals surface area contributed by atoms with Crippen LogP contribution in [0.3, 0.4) is 0 Å². The van der Waals surface area contributed by atoms with Gasteiger partial charge in [0.2, 0.25) is 0 Å². The van der Waals surface area contributed by atoms with Gasteiger partial charge in [-0.2, -0.15) is 0 Å². The van der Waals surface area contributed by atoms with Crippen molar-refractivity contribution in [1.82, 2.24) is 24.8 Å². The molecule has 7 nitrogen and oxygen atoms in total. The number of aromatic nitrogens is 3. The first-order valence-electron chi connectivity index (χ1n) is 6.42. The van der Waals surface area contributed by atoms with E-state index in [0.29, 0.717) is 11.7 Å². The smallest absolute Gasteiger partial charge is 0.320 e. The maximum atomic E-state index is 11.3. The Hall–Kier alpha value is -2.00. The Bertz CT molecular complexity index is 665. The number of hydrogen-bond donors (Lipinski definition) is 2. The monoisotopic (exact) mass is 322 g/mol. The Balaban J connectivity index is 1.73. The summed E-state index contributed by atoms with van der Waals surface area (Å²) < 4.78 is 1.82. The van der Waals surface area contributed by atoms with Crippen LogP contribution >= 0.6 is 23.6 Å².